The van der Waals surface area contributed by atoms with Crippen molar-refractivity contribution >= 4 is 5.91 Å². The third-order valence-corrected chi connectivity index (χ3v) is 5.98. The van der Waals surface area contributed by atoms with Crippen LogP contribution in [0, 0.1) is 0 Å². The summed E-state index contributed by atoms with van der Waals surface area (Å²) in [5.41, 5.74) is 2.17. The van der Waals surface area contributed by atoms with Gasteiger partial charge in [0.25, 0.3) is 0 Å². The molecule has 166 valence electrons. The summed E-state index contributed by atoms with van der Waals surface area (Å²) in [6.45, 7) is 2.74. The number of benzene rings is 2. The lowest BCUT2D eigenvalue weighted by molar-refractivity contribution is -0.130. The number of carbonyl (C=O) groups is 1. The van der Waals surface area contributed by atoms with Crippen LogP contribution in [0.5, 0.6) is 23.0 Å². The molecule has 31 heavy (non-hydrogen) atoms. The first kappa shape index (κ1) is 21.3. The minimum Gasteiger partial charge on any atom is -0.493 e. The molecular formula is C24H30N2O5. The lowest BCUT2D eigenvalue weighted by Crippen LogP contribution is -2.44. The Kier molecular flexibility index (Phi) is 6.51. The maximum absolute atomic E-state index is 12.8. The van der Waals surface area contributed by atoms with Gasteiger partial charge in [0.15, 0.2) is 29.2 Å². The molecule has 0 fully saturated rings. The highest BCUT2D eigenvalue weighted by Gasteiger charge is 2.25. The number of para-hydroxylation sites is 2. The third-order valence-electron chi connectivity index (χ3n) is 5.98. The average Bonchev–Trinajstić information content (AvgIpc) is 2.95. The van der Waals surface area contributed by atoms with E-state index in [-0.39, 0.29) is 12.1 Å². The van der Waals surface area contributed by atoms with Crippen LogP contribution in [0.15, 0.2) is 36.4 Å². The Hall–Kier alpha value is -2.93. The normalized spacial score (nSPS) is 17.9. The highest BCUT2D eigenvalue weighted by Crippen LogP contribution is 2.33. The van der Waals surface area contributed by atoms with Crippen molar-refractivity contribution in [1.82, 2.24) is 9.80 Å². The topological polar surface area (TPSA) is 60.5 Å². The minimum absolute atomic E-state index is 0.126. The molecule has 1 amide bonds. The van der Waals surface area contributed by atoms with Gasteiger partial charge in [-0.3, -0.25) is 9.69 Å². The number of ether oxygens (including phenoxy) is 4. The number of likely N-dealkylation sites (N-methyl/N-ethyl adjacent to an activating group) is 1. The van der Waals surface area contributed by atoms with Crippen molar-refractivity contribution in [2.45, 2.75) is 25.5 Å². The van der Waals surface area contributed by atoms with Gasteiger partial charge in [-0.15, -0.1) is 0 Å². The van der Waals surface area contributed by atoms with Crippen LogP contribution in [0.3, 0.4) is 0 Å². The molecule has 0 radical (unpaired) electrons. The first-order chi connectivity index (χ1) is 15.1. The van der Waals surface area contributed by atoms with E-state index in [9.17, 15) is 4.79 Å². The smallest absolute Gasteiger partial charge is 0.227 e. The van der Waals surface area contributed by atoms with Gasteiger partial charge in [-0.1, -0.05) is 12.1 Å². The lowest BCUT2D eigenvalue weighted by atomic mass is 10.0. The van der Waals surface area contributed by atoms with Crippen LogP contribution in [0.2, 0.25) is 0 Å². The molecule has 2 aliphatic rings. The first-order valence-electron chi connectivity index (χ1n) is 10.7. The van der Waals surface area contributed by atoms with Crippen LogP contribution in [0.1, 0.15) is 17.5 Å². The van der Waals surface area contributed by atoms with Crippen molar-refractivity contribution in [3.63, 3.8) is 0 Å². The van der Waals surface area contributed by atoms with Crippen molar-refractivity contribution in [1.29, 1.82) is 0 Å². The van der Waals surface area contributed by atoms with Crippen molar-refractivity contribution in [2.75, 3.05) is 47.5 Å². The summed E-state index contributed by atoms with van der Waals surface area (Å²) in [5, 5.41) is 0. The second-order valence-corrected chi connectivity index (χ2v) is 7.95. The summed E-state index contributed by atoms with van der Waals surface area (Å²) in [5.74, 6) is 3.09. The van der Waals surface area contributed by atoms with Crippen LogP contribution in [0.4, 0.5) is 0 Å². The Balaban J connectivity index is 1.31. The number of hydrogen-bond acceptors (Lipinski definition) is 6. The Morgan fingerprint density at radius 1 is 1.10 bits per heavy atom. The number of amides is 1. The summed E-state index contributed by atoms with van der Waals surface area (Å²) in [6, 6.07) is 11.7. The molecule has 4 rings (SSSR count). The molecule has 2 aromatic carbocycles. The molecule has 0 saturated heterocycles. The van der Waals surface area contributed by atoms with Crippen LogP contribution in [-0.4, -0.2) is 69.4 Å². The number of carbonyl (C=O) groups excluding carboxylic acids is 1. The molecular weight excluding hydrogens is 396 g/mol. The summed E-state index contributed by atoms with van der Waals surface area (Å²) in [4.78, 5) is 16.9. The molecule has 7 heteroatoms. The van der Waals surface area contributed by atoms with Crippen molar-refractivity contribution in [3.8, 4) is 23.0 Å². The fourth-order valence-corrected chi connectivity index (χ4v) is 4.13. The van der Waals surface area contributed by atoms with Gasteiger partial charge in [0.1, 0.15) is 6.61 Å². The predicted octanol–water partition coefficient (Wildman–Crippen LogP) is 2.75. The number of fused-ring (bicyclic) bond motifs is 2. The molecule has 1 atom stereocenters. The molecule has 0 aromatic heterocycles. The highest BCUT2D eigenvalue weighted by atomic mass is 16.6. The fourth-order valence-electron chi connectivity index (χ4n) is 4.13. The zero-order valence-corrected chi connectivity index (χ0v) is 18.4. The van der Waals surface area contributed by atoms with E-state index in [0.717, 1.165) is 48.6 Å². The monoisotopic (exact) mass is 426 g/mol. The maximum Gasteiger partial charge on any atom is 0.227 e. The van der Waals surface area contributed by atoms with Gasteiger partial charge in [-0.05, 0) is 55.3 Å². The summed E-state index contributed by atoms with van der Waals surface area (Å²) in [7, 11) is 5.28. The molecule has 0 saturated carbocycles. The Labute approximate surface area is 183 Å². The van der Waals surface area contributed by atoms with Gasteiger partial charge in [0.05, 0.1) is 20.6 Å². The van der Waals surface area contributed by atoms with Crippen LogP contribution >= 0.6 is 0 Å². The van der Waals surface area contributed by atoms with E-state index in [2.05, 4.69) is 4.90 Å². The molecule has 2 aliphatic heterocycles. The molecule has 0 spiro atoms. The maximum atomic E-state index is 12.8. The third kappa shape index (κ3) is 4.71. The quantitative estimate of drug-likeness (QED) is 0.679. The second-order valence-electron chi connectivity index (χ2n) is 7.95. The Morgan fingerprint density at radius 2 is 1.81 bits per heavy atom. The van der Waals surface area contributed by atoms with Crippen molar-refractivity contribution in [2.24, 2.45) is 0 Å². The van der Waals surface area contributed by atoms with E-state index in [1.165, 1.54) is 0 Å². The Morgan fingerprint density at radius 3 is 2.55 bits per heavy atom. The Bertz CT molecular complexity index is 932. The average molecular weight is 427 g/mol. The van der Waals surface area contributed by atoms with Gasteiger partial charge >= 0.3 is 0 Å². The summed E-state index contributed by atoms with van der Waals surface area (Å²) in [6.07, 6.45) is 1.95. The fraction of sp³-hybridized carbons (Fsp3) is 0.458. The molecule has 0 aliphatic carbocycles. The van der Waals surface area contributed by atoms with E-state index in [0.29, 0.717) is 31.1 Å². The highest BCUT2D eigenvalue weighted by molar-refractivity contribution is 5.80. The SMILES string of the molecule is COc1cc2c(cc1OC)CC(=O)N(CCCN(C)C1COc3ccccc3O1)CC2. The first-order valence-corrected chi connectivity index (χ1v) is 10.7. The second kappa shape index (κ2) is 9.47. The zero-order chi connectivity index (χ0) is 21.8. The molecule has 0 bridgehead atoms. The number of rotatable bonds is 7. The van der Waals surface area contributed by atoms with Gasteiger partial charge in [-0.2, -0.15) is 0 Å². The van der Waals surface area contributed by atoms with Crippen LogP contribution < -0.4 is 18.9 Å². The predicted molar refractivity (Wildman–Crippen MR) is 117 cm³/mol. The van der Waals surface area contributed by atoms with Crippen molar-refractivity contribution in [3.05, 3.63) is 47.5 Å². The molecule has 7 nitrogen and oxygen atoms in total. The van der Waals surface area contributed by atoms with E-state index in [1.807, 2.05) is 48.3 Å². The number of hydrogen-bond donors (Lipinski definition) is 0. The number of methoxy groups -OCH3 is 2. The van der Waals surface area contributed by atoms with Gasteiger partial charge < -0.3 is 23.8 Å². The van der Waals surface area contributed by atoms with Gasteiger partial charge in [0.2, 0.25) is 5.91 Å². The van der Waals surface area contributed by atoms with Gasteiger partial charge in [0, 0.05) is 19.6 Å². The lowest BCUT2D eigenvalue weighted by Gasteiger charge is -2.33. The van der Waals surface area contributed by atoms with E-state index >= 15 is 0 Å². The van der Waals surface area contributed by atoms with E-state index < -0.39 is 0 Å². The van der Waals surface area contributed by atoms with Gasteiger partial charge in [-0.25, -0.2) is 0 Å². The minimum atomic E-state index is -0.126. The molecule has 2 heterocycles. The molecule has 2 aromatic rings. The van der Waals surface area contributed by atoms with Crippen LogP contribution in [-0.2, 0) is 17.6 Å². The summed E-state index contributed by atoms with van der Waals surface area (Å²) >= 11 is 0. The molecule has 0 N–H and O–H groups in total. The van der Waals surface area contributed by atoms with Crippen LogP contribution in [0.25, 0.3) is 0 Å². The number of nitrogens with zero attached hydrogens (tertiary/aromatic N) is 2. The van der Waals surface area contributed by atoms with Crippen molar-refractivity contribution < 1.29 is 23.7 Å². The summed E-state index contributed by atoms with van der Waals surface area (Å²) < 4.78 is 22.7. The largest absolute Gasteiger partial charge is 0.493 e. The zero-order valence-electron chi connectivity index (χ0n) is 18.4. The standard InChI is InChI=1S/C24H30N2O5/c1-25(24-16-30-19-7-4-5-8-20(19)31-24)10-6-11-26-12-9-17-13-21(28-2)22(29-3)14-18(17)15-23(26)27/h4-5,7-8,13-14,24H,6,9-12,15-16H2,1-3H3. The molecule has 1 unspecified atom stereocenters. The van der Waals surface area contributed by atoms with E-state index in [4.69, 9.17) is 18.9 Å². The van der Waals surface area contributed by atoms with E-state index in [1.54, 1.807) is 14.2 Å².